The van der Waals surface area contributed by atoms with Gasteiger partial charge < -0.3 is 42.5 Å². The number of H-pyrrole nitrogens is 1. The molecule has 0 spiro atoms. The number of nitrogens with one attached hydrogen (secondary N) is 6. The van der Waals surface area contributed by atoms with Crippen molar-refractivity contribution in [2.24, 2.45) is 5.92 Å². The van der Waals surface area contributed by atoms with E-state index in [0.29, 0.717) is 60.3 Å². The minimum absolute atomic E-state index is 0.0121. The molecule has 0 aliphatic carbocycles. The minimum atomic E-state index is -1.37. The van der Waals surface area contributed by atoms with Gasteiger partial charge in [0, 0.05) is 42.9 Å². The predicted octanol–water partition coefficient (Wildman–Crippen LogP) is 1.44. The molecule has 10 N–H and O–H groups in total. The number of aryl methyl sites for hydroxylation is 3. The van der Waals surface area contributed by atoms with E-state index in [0.717, 1.165) is 4.90 Å². The van der Waals surface area contributed by atoms with E-state index in [1.54, 1.807) is 33.0 Å². The number of carbonyl (C=O) groups is 8. The second-order valence-electron chi connectivity index (χ2n) is 17.3. The number of aromatic nitrogens is 8. The predicted molar refractivity (Wildman–Crippen MR) is 257 cm³/mol. The van der Waals surface area contributed by atoms with Crippen LogP contribution in [0.25, 0.3) is 22.6 Å². The normalized spacial score (nSPS) is 13.4. The third-order valence-corrected chi connectivity index (χ3v) is 11.5. The molecule has 1 aliphatic heterocycles. The van der Waals surface area contributed by atoms with Crippen LogP contribution in [0.4, 0.5) is 11.5 Å². The van der Waals surface area contributed by atoms with Crippen molar-refractivity contribution < 1.29 is 48.6 Å². The average Bonchev–Trinajstić information content (AvgIpc) is 3.99. The van der Waals surface area contributed by atoms with Gasteiger partial charge in [0.25, 0.3) is 23.6 Å². The second kappa shape index (κ2) is 24.2. The van der Waals surface area contributed by atoms with Gasteiger partial charge in [0.2, 0.25) is 23.5 Å². The van der Waals surface area contributed by atoms with Gasteiger partial charge in [0.15, 0.2) is 17.0 Å². The molecule has 5 aromatic rings. The molecule has 3 atom stereocenters. The number of nitrogen functional groups attached to an aromatic ring is 1. The topological polar surface area (TPSA) is 372 Å². The summed E-state index contributed by atoms with van der Waals surface area (Å²) in [6.07, 6.45) is 6.56. The number of amides is 7. The number of aromatic amines is 1. The summed E-state index contributed by atoms with van der Waals surface area (Å²) in [5.74, 6) is -5.02. The van der Waals surface area contributed by atoms with Crippen LogP contribution >= 0.6 is 0 Å². The van der Waals surface area contributed by atoms with Gasteiger partial charge in [-0.25, -0.2) is 24.7 Å². The Bertz CT molecular complexity index is 2870. The zero-order valence-electron chi connectivity index (χ0n) is 39.9. The summed E-state index contributed by atoms with van der Waals surface area (Å²) in [4.78, 5) is 120. The maximum absolute atomic E-state index is 13.5. The van der Waals surface area contributed by atoms with Crippen LogP contribution in [0, 0.1) is 12.8 Å². The maximum atomic E-state index is 13.5. The lowest BCUT2D eigenvalue weighted by Crippen LogP contribution is -2.53. The summed E-state index contributed by atoms with van der Waals surface area (Å²) in [6, 6.07) is 5.34. The third kappa shape index (κ3) is 13.9. The van der Waals surface area contributed by atoms with Crippen molar-refractivity contribution in [2.75, 3.05) is 24.1 Å². The van der Waals surface area contributed by atoms with Crippen LogP contribution in [-0.2, 0) is 41.6 Å². The van der Waals surface area contributed by atoms with Crippen LogP contribution in [0.2, 0.25) is 0 Å². The number of carboxylic acid groups (broad SMARTS) is 1. The van der Waals surface area contributed by atoms with Crippen molar-refractivity contribution in [1.82, 2.24) is 66.7 Å². The van der Waals surface area contributed by atoms with Gasteiger partial charge in [-0.05, 0) is 99.4 Å². The molecule has 3 aromatic heterocycles. The number of fused-ring (bicyclic) bond motifs is 1. The molecule has 0 radical (unpaired) electrons. The molecule has 72 heavy (non-hydrogen) atoms. The van der Waals surface area contributed by atoms with Crippen molar-refractivity contribution in [2.45, 2.75) is 97.2 Å². The third-order valence-electron chi connectivity index (χ3n) is 11.5. The van der Waals surface area contributed by atoms with Crippen LogP contribution in [0.3, 0.4) is 0 Å². The van der Waals surface area contributed by atoms with Crippen LogP contribution in [-0.4, -0.2) is 134 Å². The molecule has 0 saturated heterocycles. The Morgan fingerprint density at radius 1 is 0.833 bits per heavy atom. The summed E-state index contributed by atoms with van der Waals surface area (Å²) in [6.45, 7) is 6.89. The number of benzene rings is 2. The number of aromatic hydroxyl groups is 1. The fraction of sp³-hybridized carbons (Fsp3) is 0.383. The highest BCUT2D eigenvalue weighted by Gasteiger charge is 2.28. The number of unbranched alkanes of at least 4 members (excludes halogenated alkanes) is 2. The fourth-order valence-electron chi connectivity index (χ4n) is 7.56. The molecule has 6 rings (SSSR count). The summed E-state index contributed by atoms with van der Waals surface area (Å²) < 4.78 is 0. The molecule has 7 amide bonds. The van der Waals surface area contributed by atoms with Crippen LogP contribution in [0.15, 0.2) is 54.7 Å². The molecule has 4 heterocycles. The number of rotatable bonds is 24. The minimum Gasteiger partial charge on any atom is -0.507 e. The Labute approximate surface area is 411 Å². The Balaban J connectivity index is 0.964. The van der Waals surface area contributed by atoms with Crippen LogP contribution in [0.1, 0.15) is 97.1 Å². The maximum Gasteiger partial charge on any atom is 0.326 e. The Hall–Kier alpha value is -8.77. The van der Waals surface area contributed by atoms with Crippen LogP contribution < -0.4 is 32.3 Å². The smallest absolute Gasteiger partial charge is 0.326 e. The number of imide groups is 1. The molecule has 0 unspecified atom stereocenters. The van der Waals surface area contributed by atoms with Gasteiger partial charge in [0.05, 0.1) is 23.0 Å². The van der Waals surface area contributed by atoms with Crippen molar-refractivity contribution in [3.05, 3.63) is 83.0 Å². The Morgan fingerprint density at radius 2 is 1.58 bits per heavy atom. The number of hydrogen-bond donors (Lipinski definition) is 9. The van der Waals surface area contributed by atoms with E-state index < -0.39 is 47.7 Å². The zero-order valence-corrected chi connectivity index (χ0v) is 39.9. The molecule has 25 nitrogen and oxygen atoms in total. The SMILES string of the molecule is Cc1nc(N)c2nc(CCc3ccc(C(=O)N[C@@H](CCCNC(=O)c4ccc(NC(=O)[C@H](C)NC(=O)[C@@H](NC(=O)CCCCCN5C(=O)C=CC5=O)C(C)C)cc4-c4nn[nH]n4)C(=O)O)c(O)c3)cnc2n1. The van der Waals surface area contributed by atoms with Crippen molar-refractivity contribution in [3.8, 4) is 17.1 Å². The van der Waals surface area contributed by atoms with Crippen molar-refractivity contribution in [1.29, 1.82) is 0 Å². The highest BCUT2D eigenvalue weighted by Crippen LogP contribution is 2.25. The van der Waals surface area contributed by atoms with E-state index in [4.69, 9.17) is 5.73 Å². The lowest BCUT2D eigenvalue weighted by Gasteiger charge is -2.24. The largest absolute Gasteiger partial charge is 0.507 e. The van der Waals surface area contributed by atoms with E-state index in [9.17, 15) is 48.6 Å². The monoisotopic (exact) mass is 989 g/mol. The summed E-state index contributed by atoms with van der Waals surface area (Å²) in [5, 5.41) is 47.7. The van der Waals surface area contributed by atoms with Gasteiger partial charge in [-0.1, -0.05) is 26.3 Å². The van der Waals surface area contributed by atoms with Gasteiger partial charge in [-0.15, -0.1) is 10.2 Å². The number of hydrogen-bond acceptors (Lipinski definition) is 17. The number of carboxylic acids is 1. The molecular weight excluding hydrogens is 935 g/mol. The van der Waals surface area contributed by atoms with Gasteiger partial charge in [-0.3, -0.25) is 38.5 Å². The van der Waals surface area contributed by atoms with Crippen LogP contribution in [0.5, 0.6) is 5.75 Å². The number of tetrazole rings is 1. The second-order valence-corrected chi connectivity index (χ2v) is 17.3. The van der Waals surface area contributed by atoms with E-state index in [2.05, 4.69) is 67.1 Å². The Kier molecular flexibility index (Phi) is 17.7. The number of phenolic OH excluding ortho intramolecular Hbond substituents is 1. The lowest BCUT2D eigenvalue weighted by molar-refractivity contribution is -0.139. The molecule has 0 fully saturated rings. The lowest BCUT2D eigenvalue weighted by atomic mass is 10.0. The molecule has 1 aliphatic rings. The molecule has 0 bridgehead atoms. The number of aliphatic carboxylic acids is 1. The molecule has 378 valence electrons. The number of nitrogens with zero attached hydrogens (tertiary/aromatic N) is 8. The standard InChI is InChI=1S/C47H55N15O10/c1-24(2)38(57-35(64)10-6-5-7-20-62-36(65)17-18-37(62)66)46(70)51-25(3)43(67)55-28-14-16-30(32(22-28)41-58-60-61-59-41)44(68)49-19-8-9-33(47(71)72)56-45(69)31-15-12-27(21-34(31)63)11-13-29-23-50-42-39(54-29)40(48)52-26(4)53-42/h12,14-18,21-25,33,38,63H,5-11,13,19-20H2,1-4H3,(H,49,68)(H,51,70)(H,55,67)(H,56,69)(H,57,64)(H,71,72)(H2,48,50,52,53)(H,58,59,60,61)/t25-,33-,38-/m0/s1. The summed E-state index contributed by atoms with van der Waals surface area (Å²) in [5.41, 5.74) is 8.38. The molecule has 25 heteroatoms. The summed E-state index contributed by atoms with van der Waals surface area (Å²) >= 11 is 0. The quantitative estimate of drug-likeness (QED) is 0.0312. The number of anilines is 2. The summed E-state index contributed by atoms with van der Waals surface area (Å²) in [7, 11) is 0. The first-order valence-electron chi connectivity index (χ1n) is 23.1. The highest BCUT2D eigenvalue weighted by molar-refractivity contribution is 6.13. The van der Waals surface area contributed by atoms with Crippen molar-refractivity contribution >= 4 is 70.0 Å². The van der Waals surface area contributed by atoms with Gasteiger partial charge in [-0.2, -0.15) is 5.21 Å². The van der Waals surface area contributed by atoms with E-state index >= 15 is 0 Å². The molecule has 0 saturated carbocycles. The van der Waals surface area contributed by atoms with Crippen molar-refractivity contribution in [3.63, 3.8) is 0 Å². The van der Waals surface area contributed by atoms with E-state index in [-0.39, 0.29) is 95.8 Å². The molecule has 2 aromatic carbocycles. The first-order valence-corrected chi connectivity index (χ1v) is 23.1. The highest BCUT2D eigenvalue weighted by atomic mass is 16.4. The van der Waals surface area contributed by atoms with Gasteiger partial charge in [0.1, 0.15) is 29.7 Å². The Morgan fingerprint density at radius 3 is 2.28 bits per heavy atom. The fourth-order valence-corrected chi connectivity index (χ4v) is 7.56. The molecular formula is C47H55N15O10. The van der Waals surface area contributed by atoms with Gasteiger partial charge >= 0.3 is 5.97 Å². The first-order chi connectivity index (χ1) is 34.4. The van der Waals surface area contributed by atoms with E-state index in [1.807, 2.05) is 0 Å². The zero-order chi connectivity index (χ0) is 52.1. The first kappa shape index (κ1) is 52.6. The number of carbonyl (C=O) groups excluding carboxylic acids is 7. The average molecular weight is 990 g/mol. The number of phenols is 1. The van der Waals surface area contributed by atoms with E-state index in [1.165, 1.54) is 49.4 Å². The number of nitrogens with two attached hydrogens (primary N) is 1.